The molecule has 3 aromatic rings. The molecule has 26 heavy (non-hydrogen) atoms. The van der Waals surface area contributed by atoms with Crippen LogP contribution >= 0.6 is 23.2 Å². The number of fused-ring (bicyclic) bond motifs is 3. The van der Waals surface area contributed by atoms with Gasteiger partial charge in [-0.2, -0.15) is 0 Å². The summed E-state index contributed by atoms with van der Waals surface area (Å²) in [7, 11) is 0. The SMILES string of the molecule is CCOC(=O)[C@@H]1Cc2c([nH]c3ccccc23)[C@@H](c2ccc(Cl)cc2Cl)N1. The highest BCUT2D eigenvalue weighted by atomic mass is 35.5. The smallest absolute Gasteiger partial charge is 0.323 e. The van der Waals surface area contributed by atoms with Crippen LogP contribution in [-0.4, -0.2) is 23.6 Å². The lowest BCUT2D eigenvalue weighted by Crippen LogP contribution is -2.45. The van der Waals surface area contributed by atoms with Gasteiger partial charge in [-0.05, 0) is 36.2 Å². The van der Waals surface area contributed by atoms with Gasteiger partial charge in [0.25, 0.3) is 0 Å². The van der Waals surface area contributed by atoms with Crippen LogP contribution in [0.3, 0.4) is 0 Å². The van der Waals surface area contributed by atoms with Crippen LogP contribution in [0, 0.1) is 0 Å². The van der Waals surface area contributed by atoms with Gasteiger partial charge >= 0.3 is 5.97 Å². The molecule has 4 rings (SSSR count). The van der Waals surface area contributed by atoms with Gasteiger partial charge in [-0.25, -0.2) is 0 Å². The Labute approximate surface area is 161 Å². The number of hydrogen-bond donors (Lipinski definition) is 2. The number of benzene rings is 2. The minimum atomic E-state index is -0.432. The van der Waals surface area contributed by atoms with Crippen molar-refractivity contribution in [3.8, 4) is 0 Å². The molecular weight excluding hydrogens is 371 g/mol. The first kappa shape index (κ1) is 17.4. The van der Waals surface area contributed by atoms with Gasteiger partial charge in [0.2, 0.25) is 0 Å². The number of para-hydroxylation sites is 1. The molecule has 1 aromatic heterocycles. The first-order valence-corrected chi connectivity index (χ1v) is 9.31. The normalized spacial score (nSPS) is 19.3. The molecule has 0 saturated carbocycles. The highest BCUT2D eigenvalue weighted by Crippen LogP contribution is 2.38. The molecular formula is C20H18Cl2N2O2. The van der Waals surface area contributed by atoms with Gasteiger partial charge in [-0.3, -0.25) is 10.1 Å². The van der Waals surface area contributed by atoms with E-state index in [0.717, 1.165) is 27.7 Å². The number of hydrogen-bond acceptors (Lipinski definition) is 3. The monoisotopic (exact) mass is 388 g/mol. The van der Waals surface area contributed by atoms with Crippen molar-refractivity contribution in [3.63, 3.8) is 0 Å². The van der Waals surface area contributed by atoms with E-state index >= 15 is 0 Å². The molecule has 0 aliphatic carbocycles. The summed E-state index contributed by atoms with van der Waals surface area (Å²) in [5.74, 6) is -0.251. The minimum Gasteiger partial charge on any atom is -0.465 e. The highest BCUT2D eigenvalue weighted by molar-refractivity contribution is 6.35. The molecule has 0 fully saturated rings. The summed E-state index contributed by atoms with van der Waals surface area (Å²) in [6.07, 6.45) is 0.569. The van der Waals surface area contributed by atoms with E-state index in [2.05, 4.69) is 16.4 Å². The number of carbonyl (C=O) groups is 1. The molecule has 0 bridgehead atoms. The molecule has 1 aliphatic rings. The predicted octanol–water partition coefficient (Wildman–Crippen LogP) is 4.64. The maximum Gasteiger partial charge on any atom is 0.323 e. The molecule has 134 valence electrons. The number of halogens is 2. The minimum absolute atomic E-state index is 0.245. The predicted molar refractivity (Wildman–Crippen MR) is 104 cm³/mol. The molecule has 0 saturated heterocycles. The van der Waals surface area contributed by atoms with Crippen LogP contribution in [0.4, 0.5) is 0 Å². The molecule has 2 atom stereocenters. The standard InChI is InChI=1S/C20H18Cl2N2O2/c1-2-26-20(25)17-10-14-12-5-3-4-6-16(12)23-19(14)18(24-17)13-8-7-11(21)9-15(13)22/h3-9,17-18,23-24H,2,10H2,1H3/t17-,18+/m0/s1. The molecule has 2 N–H and O–H groups in total. The Morgan fingerprint density at radius 2 is 2.04 bits per heavy atom. The van der Waals surface area contributed by atoms with E-state index in [1.165, 1.54) is 0 Å². The molecule has 0 radical (unpaired) electrons. The van der Waals surface area contributed by atoms with Gasteiger partial charge in [0.15, 0.2) is 0 Å². The molecule has 2 heterocycles. The summed E-state index contributed by atoms with van der Waals surface area (Å²) >= 11 is 12.5. The van der Waals surface area contributed by atoms with Crippen molar-refractivity contribution in [2.75, 3.05) is 6.61 Å². The van der Waals surface area contributed by atoms with Crippen LogP contribution in [0.1, 0.15) is 29.8 Å². The van der Waals surface area contributed by atoms with Crippen molar-refractivity contribution in [3.05, 3.63) is 69.3 Å². The van der Waals surface area contributed by atoms with Crippen molar-refractivity contribution in [1.29, 1.82) is 0 Å². The third kappa shape index (κ3) is 2.98. The van der Waals surface area contributed by atoms with E-state index in [4.69, 9.17) is 27.9 Å². The van der Waals surface area contributed by atoms with Crippen molar-refractivity contribution in [2.45, 2.75) is 25.4 Å². The maximum atomic E-state index is 12.4. The summed E-state index contributed by atoms with van der Waals surface area (Å²) in [5, 5.41) is 5.65. The van der Waals surface area contributed by atoms with Gasteiger partial charge in [0.05, 0.1) is 12.6 Å². The van der Waals surface area contributed by atoms with Gasteiger partial charge in [-0.1, -0.05) is 47.5 Å². The second kappa shape index (κ2) is 6.95. The topological polar surface area (TPSA) is 54.1 Å². The zero-order valence-electron chi connectivity index (χ0n) is 14.2. The van der Waals surface area contributed by atoms with Crippen LogP contribution in [-0.2, 0) is 16.0 Å². The fourth-order valence-electron chi connectivity index (χ4n) is 3.61. The lowest BCUT2D eigenvalue weighted by atomic mass is 9.90. The maximum absolute atomic E-state index is 12.4. The molecule has 2 aromatic carbocycles. The Balaban J connectivity index is 1.86. The quantitative estimate of drug-likeness (QED) is 0.642. The number of nitrogens with one attached hydrogen (secondary N) is 2. The Hall–Kier alpha value is -2.01. The first-order valence-electron chi connectivity index (χ1n) is 8.55. The van der Waals surface area contributed by atoms with E-state index in [9.17, 15) is 4.79 Å². The summed E-state index contributed by atoms with van der Waals surface area (Å²) in [6, 6.07) is 12.8. The largest absolute Gasteiger partial charge is 0.465 e. The van der Waals surface area contributed by atoms with Crippen LogP contribution in [0.2, 0.25) is 10.0 Å². The third-order valence-electron chi connectivity index (χ3n) is 4.76. The number of aromatic amines is 1. The summed E-state index contributed by atoms with van der Waals surface area (Å²) in [4.78, 5) is 15.9. The second-order valence-electron chi connectivity index (χ2n) is 6.34. The van der Waals surface area contributed by atoms with Gasteiger partial charge < -0.3 is 9.72 Å². The van der Waals surface area contributed by atoms with Crippen LogP contribution in [0.25, 0.3) is 10.9 Å². The van der Waals surface area contributed by atoms with Crippen LogP contribution in [0.15, 0.2) is 42.5 Å². The Morgan fingerprint density at radius 3 is 2.81 bits per heavy atom. The molecule has 4 nitrogen and oxygen atoms in total. The molecule has 0 unspecified atom stereocenters. The van der Waals surface area contributed by atoms with Crippen molar-refractivity contribution >= 4 is 40.1 Å². The molecule has 6 heteroatoms. The van der Waals surface area contributed by atoms with Gasteiger partial charge in [-0.15, -0.1) is 0 Å². The second-order valence-corrected chi connectivity index (χ2v) is 7.18. The third-order valence-corrected chi connectivity index (χ3v) is 5.32. The Kier molecular flexibility index (Phi) is 4.65. The number of esters is 1. The lowest BCUT2D eigenvalue weighted by molar-refractivity contribution is -0.146. The van der Waals surface area contributed by atoms with E-state index in [0.29, 0.717) is 23.1 Å². The summed E-state index contributed by atoms with van der Waals surface area (Å²) in [5.41, 5.74) is 4.06. The summed E-state index contributed by atoms with van der Waals surface area (Å²) in [6.45, 7) is 2.16. The fraction of sp³-hybridized carbons (Fsp3) is 0.250. The van der Waals surface area contributed by atoms with Crippen LogP contribution < -0.4 is 5.32 Å². The van der Waals surface area contributed by atoms with E-state index in [1.807, 2.05) is 31.2 Å². The number of aromatic nitrogens is 1. The molecule has 0 spiro atoms. The van der Waals surface area contributed by atoms with E-state index < -0.39 is 6.04 Å². The number of ether oxygens (including phenoxy) is 1. The molecule has 1 aliphatic heterocycles. The van der Waals surface area contributed by atoms with Gasteiger partial charge in [0, 0.05) is 33.1 Å². The van der Waals surface area contributed by atoms with Gasteiger partial charge in [0.1, 0.15) is 6.04 Å². The number of H-pyrrole nitrogens is 1. The zero-order valence-corrected chi connectivity index (χ0v) is 15.7. The van der Waals surface area contributed by atoms with Crippen molar-refractivity contribution in [1.82, 2.24) is 10.3 Å². The average Bonchev–Trinajstić information content (AvgIpc) is 3.00. The Morgan fingerprint density at radius 1 is 1.23 bits per heavy atom. The fourth-order valence-corrected chi connectivity index (χ4v) is 4.13. The lowest BCUT2D eigenvalue weighted by Gasteiger charge is -2.31. The van der Waals surface area contributed by atoms with Crippen LogP contribution in [0.5, 0.6) is 0 Å². The number of rotatable bonds is 3. The molecule has 0 amide bonds. The van der Waals surface area contributed by atoms with E-state index in [-0.39, 0.29) is 12.0 Å². The summed E-state index contributed by atoms with van der Waals surface area (Å²) < 4.78 is 5.25. The Bertz CT molecular complexity index is 983. The van der Waals surface area contributed by atoms with E-state index in [1.54, 1.807) is 12.1 Å². The zero-order chi connectivity index (χ0) is 18.3. The first-order chi connectivity index (χ1) is 12.6. The highest BCUT2D eigenvalue weighted by Gasteiger charge is 2.35. The average molecular weight is 389 g/mol. The van der Waals surface area contributed by atoms with Crippen molar-refractivity contribution in [2.24, 2.45) is 0 Å². The number of carbonyl (C=O) groups excluding carboxylic acids is 1. The van der Waals surface area contributed by atoms with Crippen molar-refractivity contribution < 1.29 is 9.53 Å².